The van der Waals surface area contributed by atoms with Crippen LogP contribution < -0.4 is 11.1 Å². The van der Waals surface area contributed by atoms with E-state index >= 15 is 0 Å². The molecule has 72 valence electrons. The zero-order valence-corrected chi connectivity index (χ0v) is 8.20. The Balaban J connectivity index is 2.50. The minimum atomic E-state index is 0.361. The number of pyridine rings is 1. The van der Waals surface area contributed by atoms with E-state index in [2.05, 4.69) is 24.1 Å². The van der Waals surface area contributed by atoms with Crippen molar-refractivity contribution in [2.45, 2.75) is 19.9 Å². The number of aromatic nitrogens is 1. The van der Waals surface area contributed by atoms with Crippen LogP contribution in [0.2, 0.25) is 0 Å². The minimum Gasteiger partial charge on any atom is -0.367 e. The molecule has 2 unspecified atom stereocenters. The van der Waals surface area contributed by atoms with E-state index in [1.54, 1.807) is 6.20 Å². The average Bonchev–Trinajstić information content (AvgIpc) is 2.18. The van der Waals surface area contributed by atoms with Gasteiger partial charge in [-0.25, -0.2) is 4.98 Å². The summed E-state index contributed by atoms with van der Waals surface area (Å²) in [7, 11) is 0. The highest BCUT2D eigenvalue weighted by molar-refractivity contribution is 5.34. The average molecular weight is 179 g/mol. The molecule has 13 heavy (non-hydrogen) atoms. The molecule has 0 fully saturated rings. The zero-order valence-electron chi connectivity index (χ0n) is 8.20. The van der Waals surface area contributed by atoms with Crippen LogP contribution in [0.25, 0.3) is 0 Å². The van der Waals surface area contributed by atoms with E-state index in [9.17, 15) is 0 Å². The lowest BCUT2D eigenvalue weighted by Crippen LogP contribution is -2.29. The molecule has 0 bridgehead atoms. The second-order valence-electron chi connectivity index (χ2n) is 3.36. The van der Waals surface area contributed by atoms with E-state index in [1.807, 2.05) is 18.2 Å². The summed E-state index contributed by atoms with van der Waals surface area (Å²) >= 11 is 0. The van der Waals surface area contributed by atoms with Gasteiger partial charge in [-0.1, -0.05) is 13.0 Å². The molecule has 3 N–H and O–H groups in total. The topological polar surface area (TPSA) is 50.9 Å². The highest BCUT2D eigenvalue weighted by Crippen LogP contribution is 2.08. The first-order valence-electron chi connectivity index (χ1n) is 4.61. The van der Waals surface area contributed by atoms with E-state index < -0.39 is 0 Å². The van der Waals surface area contributed by atoms with Gasteiger partial charge in [0.05, 0.1) is 0 Å². The molecule has 1 rings (SSSR count). The second kappa shape index (κ2) is 4.82. The minimum absolute atomic E-state index is 0.361. The molecule has 0 radical (unpaired) electrons. The summed E-state index contributed by atoms with van der Waals surface area (Å²) in [5.74, 6) is 1.37. The summed E-state index contributed by atoms with van der Waals surface area (Å²) < 4.78 is 0. The third-order valence-electron chi connectivity index (χ3n) is 2.27. The normalized spacial score (nSPS) is 15.0. The smallest absolute Gasteiger partial charge is 0.126 e. The first-order valence-corrected chi connectivity index (χ1v) is 4.61. The lowest BCUT2D eigenvalue weighted by atomic mass is 10.0. The second-order valence-corrected chi connectivity index (χ2v) is 3.36. The van der Waals surface area contributed by atoms with Crippen molar-refractivity contribution in [1.29, 1.82) is 0 Å². The molecule has 0 spiro atoms. The molecular formula is C10H17N3. The molecule has 3 heteroatoms. The lowest BCUT2D eigenvalue weighted by Gasteiger charge is -2.19. The maximum absolute atomic E-state index is 5.57. The van der Waals surface area contributed by atoms with Gasteiger partial charge in [-0.2, -0.15) is 0 Å². The van der Waals surface area contributed by atoms with Crippen LogP contribution in [0, 0.1) is 5.92 Å². The van der Waals surface area contributed by atoms with Gasteiger partial charge in [0, 0.05) is 12.2 Å². The van der Waals surface area contributed by atoms with E-state index in [0.29, 0.717) is 18.5 Å². The van der Waals surface area contributed by atoms with Crippen molar-refractivity contribution in [2.24, 2.45) is 11.7 Å². The first-order chi connectivity index (χ1) is 6.24. The van der Waals surface area contributed by atoms with Crippen LogP contribution in [0.1, 0.15) is 13.8 Å². The van der Waals surface area contributed by atoms with Crippen LogP contribution >= 0.6 is 0 Å². The molecule has 3 nitrogen and oxygen atoms in total. The number of anilines is 1. The molecule has 0 amide bonds. The fourth-order valence-electron chi connectivity index (χ4n) is 1.03. The van der Waals surface area contributed by atoms with Gasteiger partial charge < -0.3 is 11.1 Å². The Hall–Kier alpha value is -1.09. The maximum Gasteiger partial charge on any atom is 0.126 e. The summed E-state index contributed by atoms with van der Waals surface area (Å²) in [6.07, 6.45) is 1.78. The van der Waals surface area contributed by atoms with Gasteiger partial charge in [-0.3, -0.25) is 0 Å². The fourth-order valence-corrected chi connectivity index (χ4v) is 1.03. The Morgan fingerprint density at radius 2 is 2.23 bits per heavy atom. The SMILES string of the molecule is CC(CN)C(C)Nc1ccccn1. The van der Waals surface area contributed by atoms with Gasteiger partial charge in [-0.15, -0.1) is 0 Å². The number of nitrogens with one attached hydrogen (secondary N) is 1. The van der Waals surface area contributed by atoms with Crippen LogP contribution in [-0.2, 0) is 0 Å². The van der Waals surface area contributed by atoms with Crippen molar-refractivity contribution in [3.63, 3.8) is 0 Å². The standard InChI is InChI=1S/C10H17N3/c1-8(7-11)9(2)13-10-5-3-4-6-12-10/h3-6,8-9H,7,11H2,1-2H3,(H,12,13). The number of rotatable bonds is 4. The van der Waals surface area contributed by atoms with E-state index in [4.69, 9.17) is 5.73 Å². The van der Waals surface area contributed by atoms with Crippen molar-refractivity contribution in [3.8, 4) is 0 Å². The highest BCUT2D eigenvalue weighted by atomic mass is 15.0. The van der Waals surface area contributed by atoms with Crippen LogP contribution in [0.15, 0.2) is 24.4 Å². The van der Waals surface area contributed by atoms with Gasteiger partial charge in [0.25, 0.3) is 0 Å². The summed E-state index contributed by atoms with van der Waals surface area (Å²) in [5.41, 5.74) is 5.57. The molecule has 0 saturated carbocycles. The fraction of sp³-hybridized carbons (Fsp3) is 0.500. The van der Waals surface area contributed by atoms with Gasteiger partial charge in [0.1, 0.15) is 5.82 Å². The molecule has 0 aromatic carbocycles. The van der Waals surface area contributed by atoms with E-state index in [-0.39, 0.29) is 0 Å². The Morgan fingerprint density at radius 3 is 2.77 bits per heavy atom. The van der Waals surface area contributed by atoms with Crippen LogP contribution in [0.3, 0.4) is 0 Å². The van der Waals surface area contributed by atoms with Crippen molar-refractivity contribution in [3.05, 3.63) is 24.4 Å². The molecular weight excluding hydrogens is 162 g/mol. The van der Waals surface area contributed by atoms with Gasteiger partial charge >= 0.3 is 0 Å². The Morgan fingerprint density at radius 1 is 1.46 bits per heavy atom. The summed E-state index contributed by atoms with van der Waals surface area (Å²) in [6, 6.07) is 6.19. The van der Waals surface area contributed by atoms with Crippen molar-refractivity contribution < 1.29 is 0 Å². The highest BCUT2D eigenvalue weighted by Gasteiger charge is 2.09. The summed E-state index contributed by atoms with van der Waals surface area (Å²) in [4.78, 5) is 4.18. The van der Waals surface area contributed by atoms with Gasteiger partial charge in [0.15, 0.2) is 0 Å². The third kappa shape index (κ3) is 3.03. The van der Waals surface area contributed by atoms with Gasteiger partial charge in [0.2, 0.25) is 0 Å². The Bertz CT molecular complexity index is 235. The first kappa shape index (κ1) is 9.99. The number of hydrogen-bond acceptors (Lipinski definition) is 3. The molecule has 2 atom stereocenters. The lowest BCUT2D eigenvalue weighted by molar-refractivity contribution is 0.520. The zero-order chi connectivity index (χ0) is 9.68. The largest absolute Gasteiger partial charge is 0.367 e. The molecule has 0 aliphatic heterocycles. The van der Waals surface area contributed by atoms with Gasteiger partial charge in [-0.05, 0) is 31.5 Å². The van der Waals surface area contributed by atoms with Crippen LogP contribution in [0.4, 0.5) is 5.82 Å². The quantitative estimate of drug-likeness (QED) is 0.736. The van der Waals surface area contributed by atoms with Crippen molar-refractivity contribution in [2.75, 3.05) is 11.9 Å². The van der Waals surface area contributed by atoms with Crippen LogP contribution in [0.5, 0.6) is 0 Å². The molecule has 1 aromatic rings. The molecule has 0 saturated heterocycles. The molecule has 0 aliphatic rings. The molecule has 1 heterocycles. The Kier molecular flexibility index (Phi) is 3.71. The predicted octanol–water partition coefficient (Wildman–Crippen LogP) is 1.48. The maximum atomic E-state index is 5.57. The number of hydrogen-bond donors (Lipinski definition) is 2. The van der Waals surface area contributed by atoms with E-state index in [1.165, 1.54) is 0 Å². The van der Waals surface area contributed by atoms with Crippen molar-refractivity contribution >= 4 is 5.82 Å². The van der Waals surface area contributed by atoms with Crippen molar-refractivity contribution in [1.82, 2.24) is 4.98 Å². The monoisotopic (exact) mass is 179 g/mol. The molecule has 1 aromatic heterocycles. The Labute approximate surface area is 79.4 Å². The summed E-state index contributed by atoms with van der Waals surface area (Å²) in [5, 5.41) is 3.30. The molecule has 0 aliphatic carbocycles. The number of nitrogens with zero attached hydrogens (tertiary/aromatic N) is 1. The van der Waals surface area contributed by atoms with E-state index in [0.717, 1.165) is 5.82 Å². The third-order valence-corrected chi connectivity index (χ3v) is 2.27. The predicted molar refractivity (Wildman–Crippen MR) is 55.5 cm³/mol. The summed E-state index contributed by atoms with van der Waals surface area (Å²) in [6.45, 7) is 4.94. The number of nitrogens with two attached hydrogens (primary N) is 1. The van der Waals surface area contributed by atoms with Crippen LogP contribution in [-0.4, -0.2) is 17.6 Å².